The molecular formula is C10H13Br. The maximum Gasteiger partial charge on any atom is 0.0180 e. The molecule has 0 aromatic heterocycles. The summed E-state index contributed by atoms with van der Waals surface area (Å²) in [4.78, 5) is 0. The first-order valence-electron chi connectivity index (χ1n) is 3.90. The monoisotopic (exact) mass is 212 g/mol. The van der Waals surface area contributed by atoms with E-state index in [0.717, 1.165) is 6.42 Å². The van der Waals surface area contributed by atoms with Gasteiger partial charge >= 0.3 is 0 Å². The quantitative estimate of drug-likeness (QED) is 0.668. The number of halogens is 1. The van der Waals surface area contributed by atoms with Crippen LogP contribution >= 0.6 is 15.9 Å². The fourth-order valence-electron chi connectivity index (χ4n) is 1.50. The molecule has 0 atom stereocenters. The van der Waals surface area contributed by atoms with Crippen LogP contribution in [0, 0.1) is 13.8 Å². The molecule has 1 rings (SSSR count). The SMILES string of the molecule is CCc1c(C)cc(Br)cc1C. The highest BCUT2D eigenvalue weighted by Gasteiger charge is 2.00. The largest absolute Gasteiger partial charge is 0.0613 e. The second kappa shape index (κ2) is 3.40. The lowest BCUT2D eigenvalue weighted by molar-refractivity contribution is 1.08. The van der Waals surface area contributed by atoms with Gasteiger partial charge in [-0.15, -0.1) is 0 Å². The second-order valence-electron chi connectivity index (χ2n) is 2.87. The smallest absolute Gasteiger partial charge is 0.0180 e. The van der Waals surface area contributed by atoms with Gasteiger partial charge in [0.05, 0.1) is 0 Å². The van der Waals surface area contributed by atoms with E-state index in [1.54, 1.807) is 0 Å². The van der Waals surface area contributed by atoms with Gasteiger partial charge in [-0.3, -0.25) is 0 Å². The summed E-state index contributed by atoms with van der Waals surface area (Å²) in [6.07, 6.45) is 1.13. The Labute approximate surface area is 76.8 Å². The molecule has 0 saturated heterocycles. The van der Waals surface area contributed by atoms with Gasteiger partial charge in [0.1, 0.15) is 0 Å². The van der Waals surface area contributed by atoms with Crippen molar-refractivity contribution in [2.75, 3.05) is 0 Å². The molecule has 0 fully saturated rings. The van der Waals surface area contributed by atoms with Crippen LogP contribution in [0.4, 0.5) is 0 Å². The Kier molecular flexibility index (Phi) is 2.72. The van der Waals surface area contributed by atoms with Crippen molar-refractivity contribution in [1.29, 1.82) is 0 Å². The zero-order valence-corrected chi connectivity index (χ0v) is 8.83. The number of hydrogen-bond acceptors (Lipinski definition) is 0. The lowest BCUT2D eigenvalue weighted by Gasteiger charge is -2.07. The summed E-state index contributed by atoms with van der Waals surface area (Å²) < 4.78 is 1.18. The van der Waals surface area contributed by atoms with Crippen LogP contribution in [-0.4, -0.2) is 0 Å². The number of rotatable bonds is 1. The first kappa shape index (κ1) is 8.79. The zero-order valence-electron chi connectivity index (χ0n) is 7.24. The standard InChI is InChI=1S/C10H13Br/c1-4-10-7(2)5-9(11)6-8(10)3/h5-6H,4H2,1-3H3. The Balaban J connectivity index is 3.25. The molecule has 0 aliphatic heterocycles. The summed E-state index contributed by atoms with van der Waals surface area (Å²) in [6, 6.07) is 4.34. The molecule has 0 aliphatic rings. The van der Waals surface area contributed by atoms with Gasteiger partial charge in [0.15, 0.2) is 0 Å². The summed E-state index contributed by atoms with van der Waals surface area (Å²) in [5.41, 5.74) is 4.26. The van der Waals surface area contributed by atoms with Crippen molar-refractivity contribution < 1.29 is 0 Å². The highest BCUT2D eigenvalue weighted by Crippen LogP contribution is 2.20. The maximum atomic E-state index is 3.48. The second-order valence-corrected chi connectivity index (χ2v) is 3.79. The van der Waals surface area contributed by atoms with Crippen molar-refractivity contribution in [2.24, 2.45) is 0 Å². The molecule has 0 unspecified atom stereocenters. The lowest BCUT2D eigenvalue weighted by atomic mass is 10.0. The van der Waals surface area contributed by atoms with Crippen molar-refractivity contribution in [1.82, 2.24) is 0 Å². The van der Waals surface area contributed by atoms with E-state index in [-0.39, 0.29) is 0 Å². The minimum Gasteiger partial charge on any atom is -0.0613 e. The van der Waals surface area contributed by atoms with Crippen LogP contribution in [0.25, 0.3) is 0 Å². The van der Waals surface area contributed by atoms with E-state index in [2.05, 4.69) is 48.8 Å². The van der Waals surface area contributed by atoms with E-state index in [9.17, 15) is 0 Å². The number of aryl methyl sites for hydroxylation is 2. The normalized spacial score (nSPS) is 10.2. The molecule has 0 aliphatic carbocycles. The van der Waals surface area contributed by atoms with Crippen molar-refractivity contribution in [3.05, 3.63) is 33.3 Å². The summed E-state index contributed by atoms with van der Waals surface area (Å²) in [5.74, 6) is 0. The molecule has 0 heterocycles. The third-order valence-electron chi connectivity index (χ3n) is 2.01. The topological polar surface area (TPSA) is 0 Å². The third kappa shape index (κ3) is 1.84. The Hall–Kier alpha value is -0.300. The van der Waals surface area contributed by atoms with Gasteiger partial charge in [-0.1, -0.05) is 22.9 Å². The highest BCUT2D eigenvalue weighted by molar-refractivity contribution is 9.10. The van der Waals surface area contributed by atoms with E-state index < -0.39 is 0 Å². The molecule has 1 aromatic carbocycles. The van der Waals surface area contributed by atoms with Gasteiger partial charge in [0.2, 0.25) is 0 Å². The minimum atomic E-state index is 1.13. The number of hydrogen-bond donors (Lipinski definition) is 0. The van der Waals surface area contributed by atoms with Crippen molar-refractivity contribution in [3.8, 4) is 0 Å². The molecule has 0 nitrogen and oxygen atoms in total. The fraction of sp³-hybridized carbons (Fsp3) is 0.400. The van der Waals surface area contributed by atoms with Crippen molar-refractivity contribution in [2.45, 2.75) is 27.2 Å². The van der Waals surface area contributed by atoms with Crippen LogP contribution in [0.15, 0.2) is 16.6 Å². The maximum absolute atomic E-state index is 3.48. The predicted octanol–water partition coefficient (Wildman–Crippen LogP) is 3.63. The van der Waals surface area contributed by atoms with Crippen molar-refractivity contribution in [3.63, 3.8) is 0 Å². The summed E-state index contributed by atoms with van der Waals surface area (Å²) in [5, 5.41) is 0. The summed E-state index contributed by atoms with van der Waals surface area (Å²) in [6.45, 7) is 6.52. The van der Waals surface area contributed by atoms with Crippen LogP contribution in [0.1, 0.15) is 23.6 Å². The third-order valence-corrected chi connectivity index (χ3v) is 2.47. The Morgan fingerprint density at radius 2 is 1.64 bits per heavy atom. The highest BCUT2D eigenvalue weighted by atomic mass is 79.9. The van der Waals surface area contributed by atoms with Gasteiger partial charge in [0, 0.05) is 4.47 Å². The molecule has 60 valence electrons. The molecule has 0 amide bonds. The van der Waals surface area contributed by atoms with E-state index in [4.69, 9.17) is 0 Å². The van der Waals surface area contributed by atoms with Crippen LogP contribution in [0.3, 0.4) is 0 Å². The van der Waals surface area contributed by atoms with Gasteiger partial charge in [-0.2, -0.15) is 0 Å². The van der Waals surface area contributed by atoms with Crippen LogP contribution < -0.4 is 0 Å². The summed E-state index contributed by atoms with van der Waals surface area (Å²) in [7, 11) is 0. The fourth-order valence-corrected chi connectivity index (χ4v) is 2.18. The van der Waals surface area contributed by atoms with E-state index in [1.807, 2.05) is 0 Å². The van der Waals surface area contributed by atoms with Gasteiger partial charge < -0.3 is 0 Å². The molecule has 11 heavy (non-hydrogen) atoms. The Morgan fingerprint density at radius 1 is 1.18 bits per heavy atom. The van der Waals surface area contributed by atoms with Gasteiger partial charge in [-0.05, 0) is 49.1 Å². The van der Waals surface area contributed by atoms with Crippen LogP contribution in [-0.2, 0) is 6.42 Å². The lowest BCUT2D eigenvalue weighted by Crippen LogP contribution is -1.90. The predicted molar refractivity (Wildman–Crippen MR) is 53.0 cm³/mol. The molecule has 1 aromatic rings. The number of benzene rings is 1. The van der Waals surface area contributed by atoms with Gasteiger partial charge in [0.25, 0.3) is 0 Å². The first-order valence-corrected chi connectivity index (χ1v) is 4.70. The molecule has 0 radical (unpaired) electrons. The van der Waals surface area contributed by atoms with E-state index in [0.29, 0.717) is 0 Å². The average molecular weight is 213 g/mol. The molecule has 0 bridgehead atoms. The Bertz CT molecular complexity index is 241. The average Bonchev–Trinajstić information content (AvgIpc) is 1.85. The summed E-state index contributed by atoms with van der Waals surface area (Å²) >= 11 is 3.48. The zero-order chi connectivity index (χ0) is 8.43. The van der Waals surface area contributed by atoms with Crippen LogP contribution in [0.2, 0.25) is 0 Å². The molecular weight excluding hydrogens is 200 g/mol. The van der Waals surface area contributed by atoms with E-state index >= 15 is 0 Å². The van der Waals surface area contributed by atoms with Gasteiger partial charge in [-0.25, -0.2) is 0 Å². The van der Waals surface area contributed by atoms with E-state index in [1.165, 1.54) is 21.2 Å². The molecule has 0 spiro atoms. The molecule has 1 heteroatoms. The molecule has 0 saturated carbocycles. The minimum absolute atomic E-state index is 1.13. The van der Waals surface area contributed by atoms with Crippen molar-refractivity contribution >= 4 is 15.9 Å². The van der Waals surface area contributed by atoms with Crippen LogP contribution in [0.5, 0.6) is 0 Å². The first-order chi connectivity index (χ1) is 5.15. The Morgan fingerprint density at radius 3 is 2.00 bits per heavy atom. The molecule has 0 N–H and O–H groups in total.